The van der Waals surface area contributed by atoms with E-state index in [9.17, 15) is 19.2 Å². The van der Waals surface area contributed by atoms with Gasteiger partial charge in [0.25, 0.3) is 11.8 Å². The summed E-state index contributed by atoms with van der Waals surface area (Å²) in [6.07, 6.45) is 4.37. The number of hydrogen-bond acceptors (Lipinski definition) is 5. The van der Waals surface area contributed by atoms with Crippen LogP contribution in [0.15, 0.2) is 48.7 Å². The number of ketones is 1. The third-order valence-electron chi connectivity index (χ3n) is 8.97. The molecule has 0 spiro atoms. The molecule has 3 saturated heterocycles. The number of benzene rings is 1. The molecule has 2 aromatic heterocycles. The Labute approximate surface area is 239 Å². The van der Waals surface area contributed by atoms with Gasteiger partial charge in [-0.1, -0.05) is 39.0 Å². The van der Waals surface area contributed by atoms with E-state index in [1.165, 1.54) is 6.20 Å². The highest BCUT2D eigenvalue weighted by Gasteiger charge is 2.50. The predicted octanol–water partition coefficient (Wildman–Crippen LogP) is 4.16. The minimum atomic E-state index is -0.479. The number of nitrogens with zero attached hydrogens (tertiary/aromatic N) is 4. The molecular formula is C32H37N5O4. The average molecular weight is 556 g/mol. The quantitative estimate of drug-likeness (QED) is 0.460. The number of pyridine rings is 1. The van der Waals surface area contributed by atoms with E-state index >= 15 is 0 Å². The normalized spacial score (nSPS) is 21.1. The van der Waals surface area contributed by atoms with Gasteiger partial charge < -0.3 is 19.7 Å². The molecule has 6 rings (SSSR count). The van der Waals surface area contributed by atoms with E-state index in [0.717, 1.165) is 43.3 Å². The van der Waals surface area contributed by atoms with Gasteiger partial charge in [-0.25, -0.2) is 0 Å². The summed E-state index contributed by atoms with van der Waals surface area (Å²) in [6, 6.07) is 12.7. The summed E-state index contributed by atoms with van der Waals surface area (Å²) in [5.41, 5.74) is 1.82. The Morgan fingerprint density at radius 3 is 2.29 bits per heavy atom. The molecule has 41 heavy (non-hydrogen) atoms. The van der Waals surface area contributed by atoms with Crippen LogP contribution >= 0.6 is 0 Å². The van der Waals surface area contributed by atoms with Crippen LogP contribution in [0.4, 0.5) is 0 Å². The van der Waals surface area contributed by atoms with Crippen molar-refractivity contribution in [1.29, 1.82) is 0 Å². The minimum Gasteiger partial charge on any atom is -0.352 e. The first kappa shape index (κ1) is 27.2. The Kier molecular flexibility index (Phi) is 6.91. The van der Waals surface area contributed by atoms with Gasteiger partial charge in [-0.05, 0) is 48.9 Å². The minimum absolute atomic E-state index is 0.0236. The Bertz CT molecular complexity index is 1470. The summed E-state index contributed by atoms with van der Waals surface area (Å²) in [5.74, 6) is -0.795. The zero-order valence-electron chi connectivity index (χ0n) is 23.9. The second kappa shape index (κ2) is 10.4. The molecule has 0 aliphatic carbocycles. The number of piperazine rings is 1. The molecule has 9 nitrogen and oxygen atoms in total. The predicted molar refractivity (Wildman–Crippen MR) is 155 cm³/mol. The van der Waals surface area contributed by atoms with E-state index in [1.54, 1.807) is 17.0 Å². The van der Waals surface area contributed by atoms with Crippen molar-refractivity contribution >= 4 is 34.4 Å². The lowest BCUT2D eigenvalue weighted by atomic mass is 9.76. The molecule has 214 valence electrons. The summed E-state index contributed by atoms with van der Waals surface area (Å²) < 4.78 is 0. The van der Waals surface area contributed by atoms with Crippen LogP contribution in [-0.2, 0) is 4.79 Å². The van der Waals surface area contributed by atoms with Crippen LogP contribution in [0.5, 0.6) is 0 Å². The number of carbonyl (C=O) groups excluding carboxylic acids is 4. The Hall–Kier alpha value is -4.01. The Morgan fingerprint density at radius 1 is 0.951 bits per heavy atom. The molecule has 0 unspecified atom stereocenters. The standard InChI is InChI=1S/C32H37N5O4/c1-32(2,3)24(16-28(38)27-14-20-8-4-5-9-25(20)34-27)30(40)36-18-23-15-22(36)19-37(23)31(41)26-11-10-21(17-33-26)29(39)35-12-6-7-13-35/h4-5,8-11,14,17,22-24,34H,6-7,12-13,15-16,18-19H2,1-3H3/t22-,23-,24+/m0/s1. The summed E-state index contributed by atoms with van der Waals surface area (Å²) in [5, 5.41) is 0.971. The van der Waals surface area contributed by atoms with Gasteiger partial charge in [-0.3, -0.25) is 24.2 Å². The highest BCUT2D eigenvalue weighted by Crippen LogP contribution is 2.38. The first-order chi connectivity index (χ1) is 19.6. The van der Waals surface area contributed by atoms with Gasteiger partial charge in [0.1, 0.15) is 5.69 Å². The molecule has 9 heteroatoms. The van der Waals surface area contributed by atoms with E-state index in [0.29, 0.717) is 30.0 Å². The fourth-order valence-electron chi connectivity index (χ4n) is 6.57. The number of hydrogen-bond donors (Lipinski definition) is 1. The van der Waals surface area contributed by atoms with Crippen LogP contribution in [0.2, 0.25) is 0 Å². The van der Waals surface area contributed by atoms with Crippen molar-refractivity contribution in [1.82, 2.24) is 24.7 Å². The van der Waals surface area contributed by atoms with Crippen molar-refractivity contribution in [2.45, 2.75) is 58.5 Å². The summed E-state index contributed by atoms with van der Waals surface area (Å²) in [6.45, 7) is 8.43. The molecule has 3 aliphatic heterocycles. The molecular weight excluding hydrogens is 518 g/mol. The third-order valence-corrected chi connectivity index (χ3v) is 8.97. The van der Waals surface area contributed by atoms with E-state index < -0.39 is 11.3 Å². The molecule has 5 heterocycles. The van der Waals surface area contributed by atoms with Crippen molar-refractivity contribution < 1.29 is 19.2 Å². The highest BCUT2D eigenvalue weighted by atomic mass is 16.2. The molecule has 2 bridgehead atoms. The Morgan fingerprint density at radius 2 is 1.66 bits per heavy atom. The lowest BCUT2D eigenvalue weighted by Gasteiger charge is -2.39. The van der Waals surface area contributed by atoms with Crippen LogP contribution < -0.4 is 0 Å². The van der Waals surface area contributed by atoms with Crippen LogP contribution in [0.25, 0.3) is 10.9 Å². The fraction of sp³-hybridized carbons (Fsp3) is 0.469. The molecule has 3 aliphatic rings. The third kappa shape index (κ3) is 5.13. The smallest absolute Gasteiger partial charge is 0.272 e. The van der Waals surface area contributed by atoms with Crippen molar-refractivity contribution in [2.24, 2.45) is 11.3 Å². The van der Waals surface area contributed by atoms with E-state index in [2.05, 4.69) is 9.97 Å². The molecule has 1 aromatic carbocycles. The summed E-state index contributed by atoms with van der Waals surface area (Å²) >= 11 is 0. The molecule has 3 atom stereocenters. The lowest BCUT2D eigenvalue weighted by molar-refractivity contribution is -0.141. The van der Waals surface area contributed by atoms with E-state index in [4.69, 9.17) is 0 Å². The monoisotopic (exact) mass is 555 g/mol. The summed E-state index contributed by atoms with van der Waals surface area (Å²) in [7, 11) is 0. The Balaban J connectivity index is 1.11. The number of likely N-dealkylation sites (tertiary alicyclic amines) is 3. The number of H-pyrrole nitrogens is 1. The maximum atomic E-state index is 13.9. The second-order valence-corrected chi connectivity index (χ2v) is 12.7. The first-order valence-electron chi connectivity index (χ1n) is 14.6. The number of fused-ring (bicyclic) bond motifs is 3. The number of nitrogens with one attached hydrogen (secondary N) is 1. The van der Waals surface area contributed by atoms with Crippen molar-refractivity contribution in [3.05, 3.63) is 65.6 Å². The first-order valence-corrected chi connectivity index (χ1v) is 14.6. The summed E-state index contributed by atoms with van der Waals surface area (Å²) in [4.78, 5) is 66.2. The van der Waals surface area contributed by atoms with Crippen LogP contribution in [0.1, 0.15) is 77.8 Å². The van der Waals surface area contributed by atoms with Crippen molar-refractivity contribution in [2.75, 3.05) is 26.2 Å². The highest BCUT2D eigenvalue weighted by molar-refractivity contribution is 6.01. The molecule has 0 saturated carbocycles. The SMILES string of the molecule is CC(C)(C)[C@H](CC(=O)c1cc2ccccc2[nH]1)C(=O)N1C[C@@H]2C[C@H]1CN2C(=O)c1ccc(C(=O)N2CCCC2)cn1. The maximum Gasteiger partial charge on any atom is 0.272 e. The van der Waals surface area contributed by atoms with Gasteiger partial charge in [-0.15, -0.1) is 0 Å². The van der Waals surface area contributed by atoms with E-state index in [-0.39, 0.29) is 42.0 Å². The van der Waals surface area contributed by atoms with Gasteiger partial charge in [-0.2, -0.15) is 0 Å². The number of carbonyl (C=O) groups is 4. The average Bonchev–Trinajstić information content (AvgIpc) is 3.77. The second-order valence-electron chi connectivity index (χ2n) is 12.7. The number of aromatic amines is 1. The molecule has 0 radical (unpaired) electrons. The fourth-order valence-corrected chi connectivity index (χ4v) is 6.57. The number of para-hydroxylation sites is 1. The van der Waals surface area contributed by atoms with Crippen molar-refractivity contribution in [3.63, 3.8) is 0 Å². The number of Topliss-reactive ketones (excluding diaryl/α,β-unsaturated/α-hetero) is 1. The zero-order chi connectivity index (χ0) is 28.9. The lowest BCUT2D eigenvalue weighted by Crippen LogP contribution is -2.53. The van der Waals surface area contributed by atoms with Gasteiger partial charge in [0.2, 0.25) is 5.91 Å². The van der Waals surface area contributed by atoms with Crippen molar-refractivity contribution in [3.8, 4) is 0 Å². The molecule has 1 N–H and O–H groups in total. The molecule has 3 fully saturated rings. The zero-order valence-corrected chi connectivity index (χ0v) is 23.9. The van der Waals surface area contributed by atoms with Crippen LogP contribution in [0, 0.1) is 11.3 Å². The van der Waals surface area contributed by atoms with Crippen LogP contribution in [-0.4, -0.2) is 86.4 Å². The van der Waals surface area contributed by atoms with Crippen LogP contribution in [0.3, 0.4) is 0 Å². The number of amides is 3. The van der Waals surface area contributed by atoms with Gasteiger partial charge in [0.15, 0.2) is 5.78 Å². The van der Waals surface area contributed by atoms with E-state index in [1.807, 2.05) is 60.9 Å². The maximum absolute atomic E-state index is 13.9. The number of rotatable bonds is 6. The topological polar surface area (TPSA) is 107 Å². The number of aromatic nitrogens is 2. The molecule has 3 aromatic rings. The van der Waals surface area contributed by atoms with Gasteiger partial charge in [0, 0.05) is 49.7 Å². The largest absolute Gasteiger partial charge is 0.352 e. The van der Waals surface area contributed by atoms with Gasteiger partial charge >= 0.3 is 0 Å². The van der Waals surface area contributed by atoms with Gasteiger partial charge in [0.05, 0.1) is 29.3 Å². The molecule has 3 amide bonds.